The third kappa shape index (κ3) is 6.30. The number of hydrogen-bond donors (Lipinski definition) is 0. The van der Waals surface area contributed by atoms with Gasteiger partial charge in [0.1, 0.15) is 18.4 Å². The molecule has 0 heterocycles. The van der Waals surface area contributed by atoms with Crippen molar-refractivity contribution in [2.75, 3.05) is 0 Å². The molecule has 0 radical (unpaired) electrons. The fourth-order valence-corrected chi connectivity index (χ4v) is 5.89. The smallest absolute Gasteiger partial charge is 0.282 e. The quantitative estimate of drug-likeness (QED) is 0.429. The van der Waals surface area contributed by atoms with Crippen molar-refractivity contribution < 1.29 is 26.7 Å². The molecule has 3 rings (SSSR count). The number of ether oxygens (including phenoxy) is 1. The van der Waals surface area contributed by atoms with Gasteiger partial charge in [-0.15, -0.1) is 13.2 Å². The molecule has 0 bridgehead atoms. The van der Waals surface area contributed by atoms with Gasteiger partial charge in [0.05, 0.1) is 0 Å². The fraction of sp³-hybridized carbons (Fsp3) is 1.00. The van der Waals surface area contributed by atoms with Crippen LogP contribution in [0.1, 0.15) is 84.0 Å². The highest BCUT2D eigenvalue weighted by molar-refractivity contribution is 4.92. The maximum absolute atomic E-state index is 14.2. The van der Waals surface area contributed by atoms with Crippen molar-refractivity contribution in [2.45, 2.75) is 109 Å². The molecule has 2 unspecified atom stereocenters. The van der Waals surface area contributed by atoms with E-state index in [1.54, 1.807) is 0 Å². The van der Waals surface area contributed by atoms with Gasteiger partial charge in [0, 0.05) is 0 Å². The molecule has 0 amide bonds. The van der Waals surface area contributed by atoms with Crippen LogP contribution in [-0.2, 0) is 4.74 Å². The summed E-state index contributed by atoms with van der Waals surface area (Å²) in [4.78, 5) is 0. The van der Waals surface area contributed by atoms with Gasteiger partial charge in [-0.25, -0.2) is 8.78 Å². The molecular weight excluding hydrogens is 375 g/mol. The molecule has 28 heavy (non-hydrogen) atoms. The number of halogens is 5. The Labute approximate surface area is 165 Å². The van der Waals surface area contributed by atoms with Crippen molar-refractivity contribution in [1.82, 2.24) is 0 Å². The van der Waals surface area contributed by atoms with E-state index < -0.39 is 24.8 Å². The molecule has 3 aliphatic rings. The first kappa shape index (κ1) is 22.3. The van der Waals surface area contributed by atoms with Crippen LogP contribution in [0.2, 0.25) is 0 Å². The monoisotopic (exact) mass is 410 g/mol. The minimum atomic E-state index is -4.99. The Morgan fingerprint density at radius 3 is 1.64 bits per heavy atom. The van der Waals surface area contributed by atoms with Crippen LogP contribution < -0.4 is 0 Å². The van der Waals surface area contributed by atoms with E-state index in [2.05, 4.69) is 11.7 Å². The third-order valence-electron chi connectivity index (χ3n) is 7.72. The first-order chi connectivity index (χ1) is 13.2. The van der Waals surface area contributed by atoms with E-state index in [9.17, 15) is 22.0 Å². The lowest BCUT2D eigenvalue weighted by atomic mass is 9.68. The van der Waals surface area contributed by atoms with Gasteiger partial charge in [0.15, 0.2) is 0 Å². The minimum Gasteiger partial charge on any atom is -0.282 e. The lowest BCUT2D eigenvalue weighted by Crippen LogP contribution is -2.46. The molecule has 0 aromatic rings. The van der Waals surface area contributed by atoms with Crippen LogP contribution >= 0.6 is 0 Å². The van der Waals surface area contributed by atoms with Crippen molar-refractivity contribution in [1.29, 1.82) is 0 Å². The van der Waals surface area contributed by atoms with Crippen LogP contribution in [0.5, 0.6) is 0 Å². The van der Waals surface area contributed by atoms with Crippen LogP contribution in [0, 0.1) is 29.6 Å². The van der Waals surface area contributed by atoms with E-state index in [1.807, 2.05) is 0 Å². The predicted octanol–water partition coefficient (Wildman–Crippen LogP) is 7.39. The van der Waals surface area contributed by atoms with Crippen LogP contribution in [0.15, 0.2) is 0 Å². The highest BCUT2D eigenvalue weighted by atomic mass is 19.4. The van der Waals surface area contributed by atoms with Crippen molar-refractivity contribution in [3.8, 4) is 0 Å². The largest absolute Gasteiger partial charge is 0.522 e. The van der Waals surface area contributed by atoms with Crippen LogP contribution in [0.3, 0.4) is 0 Å². The molecule has 0 saturated heterocycles. The van der Waals surface area contributed by atoms with Gasteiger partial charge >= 0.3 is 6.36 Å². The third-order valence-corrected chi connectivity index (χ3v) is 7.72. The summed E-state index contributed by atoms with van der Waals surface area (Å²) in [6.45, 7) is 2.34. The Hall–Kier alpha value is -0.390. The average molecular weight is 411 g/mol. The molecule has 2 atom stereocenters. The summed E-state index contributed by atoms with van der Waals surface area (Å²) in [5.41, 5.74) is 0. The van der Waals surface area contributed by atoms with E-state index in [0.29, 0.717) is 5.92 Å². The number of alkyl halides is 5. The van der Waals surface area contributed by atoms with Crippen LogP contribution in [-0.4, -0.2) is 24.8 Å². The van der Waals surface area contributed by atoms with Gasteiger partial charge < -0.3 is 0 Å². The lowest BCUT2D eigenvalue weighted by Gasteiger charge is -2.40. The maximum atomic E-state index is 14.2. The molecular formula is C22H35F5O. The summed E-state index contributed by atoms with van der Waals surface area (Å²) < 4.78 is 69.2. The second kappa shape index (κ2) is 9.61. The Kier molecular flexibility index (Phi) is 7.66. The summed E-state index contributed by atoms with van der Waals surface area (Å²) in [6.07, 6.45) is 1.37. The molecule has 0 N–H and O–H groups in total. The fourth-order valence-electron chi connectivity index (χ4n) is 5.89. The first-order valence-electron chi connectivity index (χ1n) is 11.2. The zero-order chi connectivity index (χ0) is 20.3. The lowest BCUT2D eigenvalue weighted by molar-refractivity contribution is -0.358. The molecule has 164 valence electrons. The topological polar surface area (TPSA) is 9.23 Å². The van der Waals surface area contributed by atoms with Crippen LogP contribution in [0.4, 0.5) is 22.0 Å². The molecule has 3 fully saturated rings. The summed E-state index contributed by atoms with van der Waals surface area (Å²) >= 11 is 0. The molecule has 3 saturated carbocycles. The molecule has 0 aromatic carbocycles. The van der Waals surface area contributed by atoms with E-state index >= 15 is 0 Å². The zero-order valence-corrected chi connectivity index (χ0v) is 16.9. The highest BCUT2D eigenvalue weighted by Crippen LogP contribution is 2.44. The van der Waals surface area contributed by atoms with Gasteiger partial charge in [-0.2, -0.15) is 0 Å². The van der Waals surface area contributed by atoms with Crippen molar-refractivity contribution in [3.63, 3.8) is 0 Å². The van der Waals surface area contributed by atoms with Crippen molar-refractivity contribution in [3.05, 3.63) is 0 Å². The van der Waals surface area contributed by atoms with Gasteiger partial charge in [-0.1, -0.05) is 58.3 Å². The standard InChI is InChI=1S/C22H35F5O/c1-14-2-4-15(5-3-14)6-7-16-8-10-17(11-9-16)18-12-19(23)21(20(24)13-18)28-22(25,26)27/h14-21H,2-13H2,1H3. The molecule has 1 nitrogen and oxygen atoms in total. The van der Waals surface area contributed by atoms with Gasteiger partial charge in [0.25, 0.3) is 0 Å². The van der Waals surface area contributed by atoms with Gasteiger partial charge in [0.2, 0.25) is 0 Å². The summed E-state index contributed by atoms with van der Waals surface area (Å²) in [5, 5.41) is 0. The van der Waals surface area contributed by atoms with Crippen LogP contribution in [0.25, 0.3) is 0 Å². The molecule has 6 heteroatoms. The summed E-state index contributed by atoms with van der Waals surface area (Å²) in [7, 11) is 0. The number of rotatable bonds is 5. The Morgan fingerprint density at radius 2 is 1.18 bits per heavy atom. The van der Waals surface area contributed by atoms with Crippen molar-refractivity contribution >= 4 is 0 Å². The molecule has 0 aromatic heterocycles. The zero-order valence-electron chi connectivity index (χ0n) is 16.9. The molecule has 3 aliphatic carbocycles. The van der Waals surface area contributed by atoms with E-state index in [1.165, 1.54) is 38.5 Å². The van der Waals surface area contributed by atoms with E-state index in [4.69, 9.17) is 0 Å². The first-order valence-corrected chi connectivity index (χ1v) is 11.2. The normalized spacial score (nSPS) is 43.1. The van der Waals surface area contributed by atoms with Gasteiger partial charge in [-0.05, 0) is 55.3 Å². The second-order valence-corrected chi connectivity index (χ2v) is 9.78. The Morgan fingerprint density at radius 1 is 0.714 bits per heavy atom. The second-order valence-electron chi connectivity index (χ2n) is 9.78. The van der Waals surface area contributed by atoms with E-state index in [0.717, 1.165) is 37.5 Å². The Bertz CT molecular complexity index is 454. The SMILES string of the molecule is CC1CCC(CCC2CCC(C3CC(F)C(OC(F)(F)F)C(F)C3)CC2)CC1. The average Bonchev–Trinajstić information content (AvgIpc) is 2.64. The van der Waals surface area contributed by atoms with E-state index in [-0.39, 0.29) is 24.7 Å². The Balaban J connectivity index is 1.39. The molecule has 0 spiro atoms. The molecule has 0 aliphatic heterocycles. The maximum Gasteiger partial charge on any atom is 0.522 e. The summed E-state index contributed by atoms with van der Waals surface area (Å²) in [5.74, 6) is 2.55. The summed E-state index contributed by atoms with van der Waals surface area (Å²) in [6, 6.07) is 0. The van der Waals surface area contributed by atoms with Crippen molar-refractivity contribution in [2.24, 2.45) is 29.6 Å². The predicted molar refractivity (Wildman–Crippen MR) is 99.2 cm³/mol. The minimum absolute atomic E-state index is 0.00322. The highest BCUT2D eigenvalue weighted by Gasteiger charge is 2.47. The number of hydrogen-bond acceptors (Lipinski definition) is 1. The van der Waals surface area contributed by atoms with Gasteiger partial charge in [-0.3, -0.25) is 4.74 Å².